The molecule has 4 heteroatoms. The van der Waals surface area contributed by atoms with E-state index in [9.17, 15) is 0 Å². The van der Waals surface area contributed by atoms with Crippen molar-refractivity contribution in [2.75, 3.05) is 45.9 Å². The molecule has 2 aliphatic heterocycles. The second-order valence-electron chi connectivity index (χ2n) is 6.74. The van der Waals surface area contributed by atoms with Crippen LogP contribution >= 0.6 is 0 Å². The summed E-state index contributed by atoms with van der Waals surface area (Å²) in [6, 6.07) is 1.36. The van der Waals surface area contributed by atoms with E-state index in [0.29, 0.717) is 12.1 Å². The van der Waals surface area contributed by atoms with Crippen LogP contribution in [0.15, 0.2) is 0 Å². The lowest BCUT2D eigenvalue weighted by molar-refractivity contribution is 0.0122. The number of piperidine rings is 1. The van der Waals surface area contributed by atoms with Crippen molar-refractivity contribution in [3.8, 4) is 0 Å². The molecule has 0 aromatic carbocycles. The number of nitrogens with one attached hydrogen (secondary N) is 2. The van der Waals surface area contributed by atoms with Gasteiger partial charge in [0.2, 0.25) is 0 Å². The molecule has 0 radical (unpaired) electrons. The highest BCUT2D eigenvalue weighted by Crippen LogP contribution is 2.13. The summed E-state index contributed by atoms with van der Waals surface area (Å²) < 4.78 is 5.48. The monoisotopic (exact) mass is 283 g/mol. The van der Waals surface area contributed by atoms with Crippen LogP contribution in [0.1, 0.15) is 39.5 Å². The van der Waals surface area contributed by atoms with Gasteiger partial charge in [0, 0.05) is 38.3 Å². The van der Waals surface area contributed by atoms with Gasteiger partial charge in [-0.3, -0.25) is 4.90 Å². The van der Waals surface area contributed by atoms with Gasteiger partial charge in [0.25, 0.3) is 0 Å². The molecule has 0 aromatic rings. The average Bonchev–Trinajstić information content (AvgIpc) is 2.48. The highest BCUT2D eigenvalue weighted by molar-refractivity contribution is 4.80. The summed E-state index contributed by atoms with van der Waals surface area (Å²) in [7, 11) is 0. The summed E-state index contributed by atoms with van der Waals surface area (Å²) in [4.78, 5) is 2.62. The zero-order chi connectivity index (χ0) is 14.2. The summed E-state index contributed by atoms with van der Waals surface area (Å²) in [6.07, 6.45) is 5.35. The third-order valence-corrected chi connectivity index (χ3v) is 4.49. The molecule has 2 saturated heterocycles. The van der Waals surface area contributed by atoms with Crippen LogP contribution in [-0.2, 0) is 4.74 Å². The van der Waals surface area contributed by atoms with Crippen molar-refractivity contribution in [1.82, 2.24) is 15.5 Å². The summed E-state index contributed by atoms with van der Waals surface area (Å²) >= 11 is 0. The Kier molecular flexibility index (Phi) is 7.28. The zero-order valence-corrected chi connectivity index (χ0v) is 13.4. The number of hydrogen-bond donors (Lipinski definition) is 2. The minimum Gasteiger partial charge on any atom is -0.379 e. The summed E-state index contributed by atoms with van der Waals surface area (Å²) in [5.74, 6) is 0.762. The van der Waals surface area contributed by atoms with E-state index in [4.69, 9.17) is 4.74 Å². The van der Waals surface area contributed by atoms with Gasteiger partial charge in [-0.1, -0.05) is 20.3 Å². The number of hydrogen-bond acceptors (Lipinski definition) is 4. The van der Waals surface area contributed by atoms with Crippen molar-refractivity contribution >= 4 is 0 Å². The summed E-state index contributed by atoms with van der Waals surface area (Å²) in [6.45, 7) is 12.1. The Morgan fingerprint density at radius 2 is 2.05 bits per heavy atom. The van der Waals surface area contributed by atoms with E-state index in [0.717, 1.165) is 45.3 Å². The van der Waals surface area contributed by atoms with E-state index in [1.165, 1.54) is 32.2 Å². The van der Waals surface area contributed by atoms with Crippen molar-refractivity contribution in [1.29, 1.82) is 0 Å². The van der Waals surface area contributed by atoms with E-state index >= 15 is 0 Å². The Hall–Kier alpha value is -0.160. The third kappa shape index (κ3) is 5.68. The van der Waals surface area contributed by atoms with Crippen molar-refractivity contribution in [2.24, 2.45) is 5.92 Å². The second-order valence-corrected chi connectivity index (χ2v) is 6.74. The van der Waals surface area contributed by atoms with Gasteiger partial charge >= 0.3 is 0 Å². The quantitative estimate of drug-likeness (QED) is 0.742. The normalized spacial score (nSPS) is 26.9. The van der Waals surface area contributed by atoms with Crippen LogP contribution in [0.3, 0.4) is 0 Å². The van der Waals surface area contributed by atoms with Gasteiger partial charge in [0.05, 0.1) is 13.2 Å². The third-order valence-electron chi connectivity index (χ3n) is 4.49. The Bertz CT molecular complexity index is 248. The molecular formula is C16H33N3O. The van der Waals surface area contributed by atoms with E-state index in [2.05, 4.69) is 29.4 Å². The van der Waals surface area contributed by atoms with Crippen LogP contribution in [0.5, 0.6) is 0 Å². The molecule has 0 aromatic heterocycles. The average molecular weight is 283 g/mol. The number of morpholine rings is 1. The van der Waals surface area contributed by atoms with E-state index < -0.39 is 0 Å². The van der Waals surface area contributed by atoms with E-state index in [1.54, 1.807) is 0 Å². The molecule has 2 aliphatic rings. The first-order valence-corrected chi connectivity index (χ1v) is 8.51. The molecule has 2 heterocycles. The highest BCUT2D eigenvalue weighted by atomic mass is 16.5. The summed E-state index contributed by atoms with van der Waals surface area (Å²) in [5.41, 5.74) is 0. The maximum absolute atomic E-state index is 5.48. The molecule has 0 aliphatic carbocycles. The van der Waals surface area contributed by atoms with Gasteiger partial charge in [-0.15, -0.1) is 0 Å². The fourth-order valence-electron chi connectivity index (χ4n) is 3.37. The lowest BCUT2D eigenvalue weighted by atomic mass is 10.0. The second kappa shape index (κ2) is 8.98. The fraction of sp³-hybridized carbons (Fsp3) is 1.00. The topological polar surface area (TPSA) is 36.5 Å². The van der Waals surface area contributed by atoms with Gasteiger partial charge < -0.3 is 15.4 Å². The van der Waals surface area contributed by atoms with Crippen LogP contribution in [0, 0.1) is 5.92 Å². The fourth-order valence-corrected chi connectivity index (χ4v) is 3.37. The first-order chi connectivity index (χ1) is 9.75. The Labute approximate surface area is 124 Å². The first kappa shape index (κ1) is 16.2. The van der Waals surface area contributed by atoms with Crippen molar-refractivity contribution < 1.29 is 4.74 Å². The van der Waals surface area contributed by atoms with Gasteiger partial charge in [-0.2, -0.15) is 0 Å². The standard InChI is InChI=1S/C16H33N3O/c1-14(2)11-16(19-7-9-20-10-8-19)13-17-12-15-5-3-4-6-18-15/h14-18H,3-13H2,1-2H3. The first-order valence-electron chi connectivity index (χ1n) is 8.51. The molecule has 0 spiro atoms. The maximum atomic E-state index is 5.48. The maximum Gasteiger partial charge on any atom is 0.0594 e. The molecular weight excluding hydrogens is 250 g/mol. The van der Waals surface area contributed by atoms with Gasteiger partial charge in [0.1, 0.15) is 0 Å². The lowest BCUT2D eigenvalue weighted by Gasteiger charge is -2.36. The van der Waals surface area contributed by atoms with Gasteiger partial charge in [-0.05, 0) is 31.7 Å². The number of nitrogens with zero attached hydrogens (tertiary/aromatic N) is 1. The van der Waals surface area contributed by atoms with Crippen LogP contribution in [-0.4, -0.2) is 62.9 Å². The molecule has 2 fully saturated rings. The van der Waals surface area contributed by atoms with E-state index in [1.807, 2.05) is 0 Å². The van der Waals surface area contributed by atoms with Crippen molar-refractivity contribution in [3.05, 3.63) is 0 Å². The van der Waals surface area contributed by atoms with Crippen LogP contribution in [0.2, 0.25) is 0 Å². The molecule has 2 rings (SSSR count). The molecule has 0 bridgehead atoms. The van der Waals surface area contributed by atoms with Crippen LogP contribution < -0.4 is 10.6 Å². The van der Waals surface area contributed by atoms with Crippen LogP contribution in [0.4, 0.5) is 0 Å². The largest absolute Gasteiger partial charge is 0.379 e. The molecule has 0 saturated carbocycles. The van der Waals surface area contributed by atoms with E-state index in [-0.39, 0.29) is 0 Å². The molecule has 2 unspecified atom stereocenters. The van der Waals surface area contributed by atoms with Crippen LogP contribution in [0.25, 0.3) is 0 Å². The predicted molar refractivity (Wildman–Crippen MR) is 84.1 cm³/mol. The van der Waals surface area contributed by atoms with Gasteiger partial charge in [0.15, 0.2) is 0 Å². The van der Waals surface area contributed by atoms with Crippen molar-refractivity contribution in [3.63, 3.8) is 0 Å². The van der Waals surface area contributed by atoms with Crippen molar-refractivity contribution in [2.45, 2.75) is 51.6 Å². The van der Waals surface area contributed by atoms with Gasteiger partial charge in [-0.25, -0.2) is 0 Å². The molecule has 20 heavy (non-hydrogen) atoms. The Morgan fingerprint density at radius 1 is 1.25 bits per heavy atom. The summed E-state index contributed by atoms with van der Waals surface area (Å²) in [5, 5.41) is 7.33. The molecule has 0 amide bonds. The molecule has 4 nitrogen and oxygen atoms in total. The number of rotatable bonds is 7. The smallest absolute Gasteiger partial charge is 0.0594 e. The Balaban J connectivity index is 1.71. The molecule has 2 N–H and O–H groups in total. The minimum absolute atomic E-state index is 0.669. The minimum atomic E-state index is 0.669. The Morgan fingerprint density at radius 3 is 2.70 bits per heavy atom. The lowest BCUT2D eigenvalue weighted by Crippen LogP contribution is -2.50. The molecule has 2 atom stereocenters. The predicted octanol–water partition coefficient (Wildman–Crippen LogP) is 1.47. The SMILES string of the molecule is CC(C)CC(CNCC1CCCCN1)N1CCOCC1. The molecule has 118 valence electrons. The number of ether oxygens (including phenoxy) is 1. The zero-order valence-electron chi connectivity index (χ0n) is 13.4. The highest BCUT2D eigenvalue weighted by Gasteiger charge is 2.22.